The van der Waals surface area contributed by atoms with Crippen molar-refractivity contribution in [3.63, 3.8) is 0 Å². The first kappa shape index (κ1) is 14.6. The van der Waals surface area contributed by atoms with E-state index >= 15 is 0 Å². The highest BCUT2D eigenvalue weighted by molar-refractivity contribution is 6.53. The minimum Gasteiger partial charge on any atom is -0.351 e. The van der Waals surface area contributed by atoms with Crippen molar-refractivity contribution >= 4 is 29.1 Å². The van der Waals surface area contributed by atoms with Gasteiger partial charge in [-0.05, 0) is 13.3 Å². The molecule has 2 atom stereocenters. The SMILES string of the molecule is C#CCN(CC1OCCC(C)O1)C(=O)C(Cl)Cl. The predicted molar refractivity (Wildman–Crippen MR) is 65.8 cm³/mol. The molecule has 1 rings (SSSR count). The molecule has 0 aromatic carbocycles. The fraction of sp³-hybridized carbons (Fsp3) is 0.727. The Morgan fingerprint density at radius 3 is 2.88 bits per heavy atom. The van der Waals surface area contributed by atoms with Gasteiger partial charge in [0.2, 0.25) is 0 Å². The second kappa shape index (κ2) is 7.07. The van der Waals surface area contributed by atoms with Crippen molar-refractivity contribution in [2.24, 2.45) is 0 Å². The van der Waals surface area contributed by atoms with Gasteiger partial charge in [0.1, 0.15) is 0 Å². The Morgan fingerprint density at radius 1 is 1.65 bits per heavy atom. The monoisotopic (exact) mass is 279 g/mol. The molecule has 4 nitrogen and oxygen atoms in total. The van der Waals surface area contributed by atoms with Gasteiger partial charge in [0.25, 0.3) is 5.91 Å². The molecule has 0 aromatic heterocycles. The third-order valence-electron chi connectivity index (χ3n) is 2.36. The van der Waals surface area contributed by atoms with Crippen LogP contribution in [0.4, 0.5) is 0 Å². The lowest BCUT2D eigenvalue weighted by Gasteiger charge is -2.32. The highest BCUT2D eigenvalue weighted by Crippen LogP contribution is 2.14. The van der Waals surface area contributed by atoms with Crippen molar-refractivity contribution in [1.82, 2.24) is 4.90 Å². The second-order valence-corrected chi connectivity index (χ2v) is 4.86. The standard InChI is InChI=1S/C11H15Cl2NO3/c1-3-5-14(11(15)10(12)13)7-9-16-6-4-8(2)17-9/h1,8-10H,4-7H2,2H3. The number of halogens is 2. The van der Waals surface area contributed by atoms with Gasteiger partial charge >= 0.3 is 0 Å². The average Bonchev–Trinajstić information content (AvgIpc) is 2.27. The molecule has 0 bridgehead atoms. The Kier molecular flexibility index (Phi) is 6.07. The highest BCUT2D eigenvalue weighted by Gasteiger charge is 2.26. The summed E-state index contributed by atoms with van der Waals surface area (Å²) >= 11 is 11.1. The number of ether oxygens (including phenoxy) is 2. The molecule has 1 saturated heterocycles. The van der Waals surface area contributed by atoms with E-state index in [-0.39, 0.29) is 19.2 Å². The molecule has 0 N–H and O–H groups in total. The number of hydrogen-bond acceptors (Lipinski definition) is 3. The van der Waals surface area contributed by atoms with Gasteiger partial charge in [0, 0.05) is 0 Å². The summed E-state index contributed by atoms with van der Waals surface area (Å²) in [6, 6.07) is 0. The lowest BCUT2D eigenvalue weighted by molar-refractivity contribution is -0.213. The lowest BCUT2D eigenvalue weighted by Crippen LogP contribution is -2.44. The number of nitrogens with zero attached hydrogens (tertiary/aromatic N) is 1. The summed E-state index contributed by atoms with van der Waals surface area (Å²) in [5.41, 5.74) is 0. The third kappa shape index (κ3) is 4.72. The lowest BCUT2D eigenvalue weighted by atomic mass is 10.3. The Hall–Kier alpha value is -0.470. The molecule has 1 aliphatic rings. The molecule has 1 heterocycles. The van der Waals surface area contributed by atoms with Gasteiger partial charge in [-0.2, -0.15) is 0 Å². The molecule has 0 radical (unpaired) electrons. The maximum atomic E-state index is 11.6. The summed E-state index contributed by atoms with van der Waals surface area (Å²) in [5.74, 6) is 1.95. The Labute approximate surface area is 111 Å². The number of hydrogen-bond donors (Lipinski definition) is 0. The van der Waals surface area contributed by atoms with Crippen LogP contribution in [0.25, 0.3) is 0 Å². The number of amides is 1. The quantitative estimate of drug-likeness (QED) is 0.577. The molecule has 1 amide bonds. The topological polar surface area (TPSA) is 38.8 Å². The van der Waals surface area contributed by atoms with Crippen LogP contribution in [0.3, 0.4) is 0 Å². The molecule has 0 saturated carbocycles. The molecule has 0 aromatic rings. The summed E-state index contributed by atoms with van der Waals surface area (Å²) in [7, 11) is 0. The smallest absolute Gasteiger partial charge is 0.256 e. The normalized spacial score (nSPS) is 24.4. The van der Waals surface area contributed by atoms with Crippen molar-refractivity contribution in [2.75, 3.05) is 19.7 Å². The molecule has 17 heavy (non-hydrogen) atoms. The molecule has 1 aliphatic heterocycles. The van der Waals surface area contributed by atoms with E-state index in [4.69, 9.17) is 39.1 Å². The van der Waals surface area contributed by atoms with E-state index in [1.54, 1.807) is 0 Å². The van der Waals surface area contributed by atoms with Gasteiger partial charge in [-0.25, -0.2) is 0 Å². The predicted octanol–water partition coefficient (Wildman–Crippen LogP) is 1.40. The van der Waals surface area contributed by atoms with Crippen molar-refractivity contribution in [3.8, 4) is 12.3 Å². The first-order valence-electron chi connectivity index (χ1n) is 5.32. The van der Waals surface area contributed by atoms with Crippen LogP contribution < -0.4 is 0 Å². The fourth-order valence-corrected chi connectivity index (χ4v) is 1.76. The van der Waals surface area contributed by atoms with Crippen molar-refractivity contribution in [3.05, 3.63) is 0 Å². The summed E-state index contributed by atoms with van der Waals surface area (Å²) in [4.78, 5) is 11.9. The van der Waals surface area contributed by atoms with Gasteiger partial charge in [0.15, 0.2) is 11.1 Å². The van der Waals surface area contributed by atoms with E-state index in [1.165, 1.54) is 4.90 Å². The molecule has 2 unspecified atom stereocenters. The Morgan fingerprint density at radius 2 is 2.35 bits per heavy atom. The van der Waals surface area contributed by atoms with Crippen LogP contribution in [-0.4, -0.2) is 47.7 Å². The first-order chi connectivity index (χ1) is 8.04. The van der Waals surface area contributed by atoms with Crippen molar-refractivity contribution < 1.29 is 14.3 Å². The zero-order valence-corrected chi connectivity index (χ0v) is 11.1. The highest BCUT2D eigenvalue weighted by atomic mass is 35.5. The van der Waals surface area contributed by atoms with E-state index in [2.05, 4.69) is 5.92 Å². The molecule has 96 valence electrons. The zero-order chi connectivity index (χ0) is 12.8. The molecular weight excluding hydrogens is 265 g/mol. The maximum Gasteiger partial charge on any atom is 0.256 e. The van der Waals surface area contributed by atoms with Gasteiger partial charge in [0.05, 0.1) is 25.8 Å². The summed E-state index contributed by atoms with van der Waals surface area (Å²) in [5, 5.41) is 0. The fourth-order valence-electron chi connectivity index (χ4n) is 1.49. The largest absolute Gasteiger partial charge is 0.351 e. The first-order valence-corrected chi connectivity index (χ1v) is 6.19. The second-order valence-electron chi connectivity index (χ2n) is 3.76. The van der Waals surface area contributed by atoms with Crippen LogP contribution >= 0.6 is 23.2 Å². The number of alkyl halides is 2. The van der Waals surface area contributed by atoms with Crippen LogP contribution in [0.1, 0.15) is 13.3 Å². The van der Waals surface area contributed by atoms with Gasteiger partial charge in [-0.3, -0.25) is 4.79 Å². The molecule has 0 spiro atoms. The van der Waals surface area contributed by atoms with Crippen LogP contribution in [0.15, 0.2) is 0 Å². The minimum atomic E-state index is -1.12. The van der Waals surface area contributed by atoms with E-state index < -0.39 is 17.0 Å². The minimum absolute atomic E-state index is 0.110. The van der Waals surface area contributed by atoms with Crippen LogP contribution in [0.5, 0.6) is 0 Å². The van der Waals surface area contributed by atoms with Crippen molar-refractivity contribution in [1.29, 1.82) is 0 Å². The molecule has 6 heteroatoms. The Bertz CT molecular complexity index is 304. The number of carbonyl (C=O) groups excluding carboxylic acids is 1. The Balaban J connectivity index is 2.54. The van der Waals surface area contributed by atoms with Crippen LogP contribution in [0, 0.1) is 12.3 Å². The summed E-state index contributed by atoms with van der Waals surface area (Å²) < 4.78 is 10.9. The van der Waals surface area contributed by atoms with Crippen LogP contribution in [-0.2, 0) is 14.3 Å². The van der Waals surface area contributed by atoms with E-state index in [9.17, 15) is 4.79 Å². The zero-order valence-electron chi connectivity index (χ0n) is 9.57. The summed E-state index contributed by atoms with van der Waals surface area (Å²) in [6.07, 6.45) is 5.67. The van der Waals surface area contributed by atoms with Gasteiger partial charge in [-0.1, -0.05) is 29.1 Å². The number of rotatable bonds is 4. The number of carbonyl (C=O) groups is 1. The van der Waals surface area contributed by atoms with Gasteiger partial charge < -0.3 is 14.4 Å². The molecular formula is C11H15Cl2NO3. The van der Waals surface area contributed by atoms with Crippen LogP contribution in [0.2, 0.25) is 0 Å². The third-order valence-corrected chi connectivity index (χ3v) is 2.74. The van der Waals surface area contributed by atoms with E-state index in [1.807, 2.05) is 6.92 Å². The van der Waals surface area contributed by atoms with E-state index in [0.29, 0.717) is 6.61 Å². The van der Waals surface area contributed by atoms with Gasteiger partial charge in [-0.15, -0.1) is 6.42 Å². The maximum absolute atomic E-state index is 11.6. The summed E-state index contributed by atoms with van der Waals surface area (Å²) in [6.45, 7) is 2.93. The van der Waals surface area contributed by atoms with E-state index in [0.717, 1.165) is 6.42 Å². The average molecular weight is 280 g/mol. The van der Waals surface area contributed by atoms with Crippen molar-refractivity contribution in [2.45, 2.75) is 30.6 Å². The molecule has 1 fully saturated rings. The molecule has 0 aliphatic carbocycles. The number of terminal acetylenes is 1.